The first-order valence-electron chi connectivity index (χ1n) is 7.32. The Kier molecular flexibility index (Phi) is 4.94. The van der Waals surface area contributed by atoms with Gasteiger partial charge in [0.15, 0.2) is 6.20 Å². The van der Waals surface area contributed by atoms with Crippen molar-refractivity contribution < 1.29 is 4.57 Å². The molecule has 2 N–H and O–H groups in total. The summed E-state index contributed by atoms with van der Waals surface area (Å²) in [5.74, 6) is 0. The molecular formula is C19H23N2+. The Morgan fingerprint density at radius 3 is 2.57 bits per heavy atom. The molecule has 0 aliphatic rings. The first-order chi connectivity index (χ1) is 10.1. The van der Waals surface area contributed by atoms with Crippen molar-refractivity contribution in [1.82, 2.24) is 0 Å². The molecule has 21 heavy (non-hydrogen) atoms. The Balaban J connectivity index is 2.16. The predicted molar refractivity (Wildman–Crippen MR) is 90.7 cm³/mol. The molecular weight excluding hydrogens is 256 g/mol. The third kappa shape index (κ3) is 3.60. The summed E-state index contributed by atoms with van der Waals surface area (Å²) in [6, 6.07) is 10.4. The van der Waals surface area contributed by atoms with Crippen molar-refractivity contribution in [3.8, 4) is 0 Å². The Labute approximate surface area is 127 Å². The number of aromatic nitrogens is 1. The lowest BCUT2D eigenvalue weighted by atomic mass is 10.0. The van der Waals surface area contributed by atoms with Gasteiger partial charge in [-0.2, -0.15) is 4.57 Å². The third-order valence-electron chi connectivity index (χ3n) is 3.79. The number of hydrogen-bond donors (Lipinski definition) is 1. The molecule has 0 unspecified atom stereocenters. The molecule has 0 fully saturated rings. The molecule has 1 heterocycles. The lowest BCUT2D eigenvalue weighted by Gasteiger charge is -2.07. The fourth-order valence-electron chi connectivity index (χ4n) is 2.25. The Morgan fingerprint density at radius 1 is 1.05 bits per heavy atom. The normalized spacial score (nSPS) is 11.6. The Hall–Kier alpha value is -2.35. The molecule has 108 valence electrons. The van der Waals surface area contributed by atoms with Crippen LogP contribution >= 0.6 is 0 Å². The third-order valence-corrected chi connectivity index (χ3v) is 3.79. The topological polar surface area (TPSA) is 29.9 Å². The van der Waals surface area contributed by atoms with Gasteiger partial charge >= 0.3 is 0 Å². The molecule has 1 aromatic heterocycles. The lowest BCUT2D eigenvalue weighted by molar-refractivity contribution is -0.695. The zero-order valence-electron chi connectivity index (χ0n) is 13.0. The number of benzene rings is 1. The van der Waals surface area contributed by atoms with E-state index in [2.05, 4.69) is 74.0 Å². The van der Waals surface area contributed by atoms with Crippen LogP contribution in [0.4, 0.5) is 5.69 Å². The summed E-state index contributed by atoms with van der Waals surface area (Å²) in [5.41, 5.74) is 11.7. The smallest absolute Gasteiger partial charge is 0.205 e. The number of aryl methyl sites for hydroxylation is 2. The molecule has 0 spiro atoms. The van der Waals surface area contributed by atoms with E-state index in [9.17, 15) is 0 Å². The second kappa shape index (κ2) is 6.89. The van der Waals surface area contributed by atoms with E-state index in [1.54, 1.807) is 0 Å². The second-order valence-corrected chi connectivity index (χ2v) is 5.14. The van der Waals surface area contributed by atoms with Crippen molar-refractivity contribution in [3.05, 3.63) is 71.1 Å². The molecule has 0 aliphatic carbocycles. The van der Waals surface area contributed by atoms with E-state index in [-0.39, 0.29) is 0 Å². The monoisotopic (exact) mass is 279 g/mol. The van der Waals surface area contributed by atoms with Crippen LogP contribution in [-0.2, 0) is 6.54 Å². The van der Waals surface area contributed by atoms with Crippen LogP contribution in [0.2, 0.25) is 0 Å². The zero-order chi connectivity index (χ0) is 15.2. The van der Waals surface area contributed by atoms with Crippen molar-refractivity contribution in [3.63, 3.8) is 0 Å². The summed E-state index contributed by atoms with van der Waals surface area (Å²) in [6.07, 6.45) is 10.3. The highest BCUT2D eigenvalue weighted by Crippen LogP contribution is 2.21. The largest absolute Gasteiger partial charge is 0.398 e. The van der Waals surface area contributed by atoms with Crippen molar-refractivity contribution >= 4 is 17.8 Å². The average Bonchev–Trinajstić information content (AvgIpc) is 2.51. The van der Waals surface area contributed by atoms with E-state index in [4.69, 9.17) is 5.73 Å². The highest BCUT2D eigenvalue weighted by Gasteiger charge is 2.02. The summed E-state index contributed by atoms with van der Waals surface area (Å²) in [5, 5.41) is 0. The summed E-state index contributed by atoms with van der Waals surface area (Å²) >= 11 is 0. The van der Waals surface area contributed by atoms with Crippen LogP contribution in [0.25, 0.3) is 12.2 Å². The van der Waals surface area contributed by atoms with E-state index >= 15 is 0 Å². The van der Waals surface area contributed by atoms with Crippen LogP contribution in [-0.4, -0.2) is 0 Å². The van der Waals surface area contributed by atoms with E-state index < -0.39 is 0 Å². The molecule has 0 amide bonds. The van der Waals surface area contributed by atoms with Crippen molar-refractivity contribution in [1.29, 1.82) is 0 Å². The van der Waals surface area contributed by atoms with Crippen LogP contribution in [0.5, 0.6) is 0 Å². The number of nitrogens with zero attached hydrogens (tertiary/aromatic N) is 1. The van der Waals surface area contributed by atoms with Gasteiger partial charge in [-0.1, -0.05) is 30.4 Å². The minimum absolute atomic E-state index is 0.864. The first kappa shape index (κ1) is 15.0. The van der Waals surface area contributed by atoms with Crippen molar-refractivity contribution in [2.45, 2.75) is 27.3 Å². The Morgan fingerprint density at radius 2 is 1.81 bits per heavy atom. The van der Waals surface area contributed by atoms with Crippen LogP contribution in [0.3, 0.4) is 0 Å². The molecule has 0 radical (unpaired) electrons. The maximum Gasteiger partial charge on any atom is 0.205 e. The molecule has 0 saturated heterocycles. The highest BCUT2D eigenvalue weighted by atomic mass is 14.9. The van der Waals surface area contributed by atoms with Crippen LogP contribution in [0.15, 0.2) is 48.7 Å². The van der Waals surface area contributed by atoms with Gasteiger partial charge in [0, 0.05) is 23.9 Å². The zero-order valence-corrected chi connectivity index (χ0v) is 13.0. The summed E-state index contributed by atoms with van der Waals surface area (Å²) < 4.78 is 2.20. The molecule has 0 saturated carbocycles. The standard InChI is InChI=1S/C19H22N2/c1-4-21-14-8-7-11-18(21)10-6-5-9-17-13-12-15(2)16(3)19(17)20/h5-14,20H,4H2,1-3H3/p+1. The van der Waals surface area contributed by atoms with Gasteiger partial charge < -0.3 is 5.73 Å². The SMILES string of the molecule is CC[n+]1ccccc1C=CC=Cc1ccc(C)c(C)c1N. The van der Waals surface area contributed by atoms with Crippen LogP contribution in [0.1, 0.15) is 29.3 Å². The van der Waals surface area contributed by atoms with Gasteiger partial charge in [-0.15, -0.1) is 0 Å². The van der Waals surface area contributed by atoms with E-state index in [1.807, 2.05) is 12.1 Å². The molecule has 2 rings (SSSR count). The molecule has 0 aliphatic heterocycles. The van der Waals surface area contributed by atoms with Gasteiger partial charge in [0.05, 0.1) is 0 Å². The average molecular weight is 279 g/mol. The molecule has 1 aromatic carbocycles. The van der Waals surface area contributed by atoms with E-state index in [1.165, 1.54) is 11.3 Å². The maximum absolute atomic E-state index is 6.14. The molecule has 2 aromatic rings. The highest BCUT2D eigenvalue weighted by molar-refractivity contribution is 5.70. The fraction of sp³-hybridized carbons (Fsp3) is 0.211. The predicted octanol–water partition coefficient (Wildman–Crippen LogP) is 3.92. The number of allylic oxidation sites excluding steroid dienone is 2. The summed E-state index contributed by atoms with van der Waals surface area (Å²) in [6.45, 7) is 7.25. The minimum Gasteiger partial charge on any atom is -0.398 e. The van der Waals surface area contributed by atoms with Crippen LogP contribution < -0.4 is 10.3 Å². The van der Waals surface area contributed by atoms with Crippen molar-refractivity contribution in [2.75, 3.05) is 5.73 Å². The number of hydrogen-bond acceptors (Lipinski definition) is 1. The van der Waals surface area contributed by atoms with Gasteiger partial charge in [0.25, 0.3) is 0 Å². The van der Waals surface area contributed by atoms with Gasteiger partial charge in [-0.3, -0.25) is 0 Å². The van der Waals surface area contributed by atoms with Gasteiger partial charge in [-0.05, 0) is 43.5 Å². The van der Waals surface area contributed by atoms with E-state index in [0.717, 1.165) is 23.4 Å². The van der Waals surface area contributed by atoms with Crippen molar-refractivity contribution in [2.24, 2.45) is 0 Å². The molecule has 0 atom stereocenters. The molecule has 2 heteroatoms. The quantitative estimate of drug-likeness (QED) is 0.513. The van der Waals surface area contributed by atoms with Gasteiger partial charge in [0.1, 0.15) is 6.54 Å². The second-order valence-electron chi connectivity index (χ2n) is 5.14. The fourth-order valence-corrected chi connectivity index (χ4v) is 2.25. The van der Waals surface area contributed by atoms with Gasteiger partial charge in [-0.25, -0.2) is 0 Å². The number of nitrogen functional groups attached to an aromatic ring is 1. The first-order valence-corrected chi connectivity index (χ1v) is 7.32. The number of pyridine rings is 1. The summed E-state index contributed by atoms with van der Waals surface area (Å²) in [4.78, 5) is 0. The van der Waals surface area contributed by atoms with Gasteiger partial charge in [0.2, 0.25) is 5.69 Å². The Bertz CT molecular complexity index is 682. The number of nitrogens with two attached hydrogens (primary N) is 1. The van der Waals surface area contributed by atoms with E-state index in [0.29, 0.717) is 0 Å². The lowest BCUT2D eigenvalue weighted by Crippen LogP contribution is -2.34. The molecule has 2 nitrogen and oxygen atoms in total. The number of anilines is 1. The maximum atomic E-state index is 6.14. The number of rotatable bonds is 4. The summed E-state index contributed by atoms with van der Waals surface area (Å²) in [7, 11) is 0. The minimum atomic E-state index is 0.864. The molecule has 0 bridgehead atoms. The van der Waals surface area contributed by atoms with Crippen LogP contribution in [0, 0.1) is 13.8 Å².